The zero-order valence-electron chi connectivity index (χ0n) is 11.0. The first-order valence-corrected chi connectivity index (χ1v) is 6.10. The second-order valence-electron chi connectivity index (χ2n) is 4.72. The SMILES string of the molecule is CC(CC(=O)Nc1cn[nH]c1)(C(=O)O)c1ccccc1. The molecule has 0 aliphatic carbocycles. The lowest BCUT2D eigenvalue weighted by atomic mass is 9.79. The molecule has 2 aromatic rings. The molecule has 104 valence electrons. The number of carboxylic acid groups (broad SMARTS) is 1. The third-order valence-corrected chi connectivity index (χ3v) is 3.18. The van der Waals surface area contributed by atoms with E-state index in [0.29, 0.717) is 11.3 Å². The maximum Gasteiger partial charge on any atom is 0.314 e. The van der Waals surface area contributed by atoms with E-state index in [1.807, 2.05) is 0 Å². The predicted octanol–water partition coefficient (Wildman–Crippen LogP) is 1.78. The normalized spacial score (nSPS) is 13.4. The molecule has 6 nitrogen and oxygen atoms in total. The fourth-order valence-electron chi connectivity index (χ4n) is 1.95. The Labute approximate surface area is 115 Å². The molecule has 0 aliphatic rings. The number of nitrogens with one attached hydrogen (secondary N) is 2. The second kappa shape index (κ2) is 5.56. The Morgan fingerprint density at radius 1 is 1.35 bits per heavy atom. The first-order valence-electron chi connectivity index (χ1n) is 6.10. The average molecular weight is 273 g/mol. The number of aliphatic carboxylic acids is 1. The number of carbonyl (C=O) groups is 2. The monoisotopic (exact) mass is 273 g/mol. The number of benzene rings is 1. The smallest absolute Gasteiger partial charge is 0.314 e. The van der Waals surface area contributed by atoms with Crippen LogP contribution < -0.4 is 5.32 Å². The van der Waals surface area contributed by atoms with Crippen molar-refractivity contribution >= 4 is 17.6 Å². The fourth-order valence-corrected chi connectivity index (χ4v) is 1.95. The van der Waals surface area contributed by atoms with Gasteiger partial charge in [0.25, 0.3) is 0 Å². The molecule has 1 aromatic carbocycles. The molecule has 2 rings (SSSR count). The summed E-state index contributed by atoms with van der Waals surface area (Å²) in [5.74, 6) is -1.41. The van der Waals surface area contributed by atoms with Crippen molar-refractivity contribution in [2.75, 3.05) is 5.32 Å². The van der Waals surface area contributed by atoms with Gasteiger partial charge in [0.15, 0.2) is 0 Å². The molecule has 0 saturated carbocycles. The predicted molar refractivity (Wildman–Crippen MR) is 73.3 cm³/mol. The van der Waals surface area contributed by atoms with E-state index in [2.05, 4.69) is 15.5 Å². The minimum atomic E-state index is -1.27. The van der Waals surface area contributed by atoms with Gasteiger partial charge in [-0.15, -0.1) is 0 Å². The first kappa shape index (κ1) is 13.8. The van der Waals surface area contributed by atoms with Crippen molar-refractivity contribution in [3.63, 3.8) is 0 Å². The number of aromatic amines is 1. The molecule has 1 heterocycles. The molecule has 0 bridgehead atoms. The molecule has 3 N–H and O–H groups in total. The third kappa shape index (κ3) is 2.85. The van der Waals surface area contributed by atoms with Crippen LogP contribution in [0.5, 0.6) is 0 Å². The van der Waals surface area contributed by atoms with E-state index >= 15 is 0 Å². The van der Waals surface area contributed by atoms with Crippen molar-refractivity contribution in [2.45, 2.75) is 18.8 Å². The summed E-state index contributed by atoms with van der Waals surface area (Å²) in [4.78, 5) is 23.5. The van der Waals surface area contributed by atoms with Crippen molar-refractivity contribution in [3.05, 3.63) is 48.3 Å². The van der Waals surface area contributed by atoms with Crippen LogP contribution in [0.2, 0.25) is 0 Å². The summed E-state index contributed by atoms with van der Waals surface area (Å²) in [6, 6.07) is 8.73. The summed E-state index contributed by atoms with van der Waals surface area (Å²) in [5.41, 5.74) is -0.166. The number of carbonyl (C=O) groups excluding carboxylic acids is 1. The molecule has 1 amide bonds. The van der Waals surface area contributed by atoms with Crippen molar-refractivity contribution < 1.29 is 14.7 Å². The largest absolute Gasteiger partial charge is 0.481 e. The van der Waals surface area contributed by atoms with Gasteiger partial charge in [-0.25, -0.2) is 0 Å². The van der Waals surface area contributed by atoms with Crippen molar-refractivity contribution in [1.29, 1.82) is 0 Å². The fraction of sp³-hybridized carbons (Fsp3) is 0.214. The van der Waals surface area contributed by atoms with Crippen LogP contribution >= 0.6 is 0 Å². The van der Waals surface area contributed by atoms with Gasteiger partial charge in [-0.05, 0) is 12.5 Å². The van der Waals surface area contributed by atoms with E-state index in [1.165, 1.54) is 12.4 Å². The summed E-state index contributed by atoms with van der Waals surface area (Å²) >= 11 is 0. The Kier molecular flexibility index (Phi) is 3.84. The van der Waals surface area contributed by atoms with Crippen molar-refractivity contribution in [3.8, 4) is 0 Å². The number of amides is 1. The summed E-state index contributed by atoms with van der Waals surface area (Å²) in [7, 11) is 0. The molecule has 0 fully saturated rings. The number of rotatable bonds is 5. The Bertz CT molecular complexity index is 595. The topological polar surface area (TPSA) is 95.1 Å². The molecule has 0 aliphatic heterocycles. The second-order valence-corrected chi connectivity index (χ2v) is 4.72. The van der Waals surface area contributed by atoms with Crippen LogP contribution in [0.1, 0.15) is 18.9 Å². The van der Waals surface area contributed by atoms with Crippen LogP contribution in [0.3, 0.4) is 0 Å². The van der Waals surface area contributed by atoms with Gasteiger partial charge in [0.1, 0.15) is 0 Å². The van der Waals surface area contributed by atoms with E-state index in [1.54, 1.807) is 37.3 Å². The number of nitrogens with zero attached hydrogens (tertiary/aromatic N) is 1. The maximum atomic E-state index is 12.0. The molecule has 1 aromatic heterocycles. The van der Waals surface area contributed by atoms with Crippen LogP contribution in [0, 0.1) is 0 Å². The van der Waals surface area contributed by atoms with Crippen LogP contribution in [0.15, 0.2) is 42.7 Å². The zero-order valence-corrected chi connectivity index (χ0v) is 11.0. The number of carboxylic acids is 1. The summed E-state index contributed by atoms with van der Waals surface area (Å²) < 4.78 is 0. The molecule has 0 saturated heterocycles. The highest BCUT2D eigenvalue weighted by atomic mass is 16.4. The van der Waals surface area contributed by atoms with Crippen molar-refractivity contribution in [2.24, 2.45) is 0 Å². The average Bonchev–Trinajstić information content (AvgIpc) is 2.92. The third-order valence-electron chi connectivity index (χ3n) is 3.18. The van der Waals surface area contributed by atoms with Gasteiger partial charge in [0.05, 0.1) is 17.3 Å². The molecular formula is C14H15N3O3. The number of aromatic nitrogens is 2. The van der Waals surface area contributed by atoms with Gasteiger partial charge >= 0.3 is 5.97 Å². The minimum absolute atomic E-state index is 0.155. The number of anilines is 1. The van der Waals surface area contributed by atoms with Crippen LogP contribution in [-0.2, 0) is 15.0 Å². The Balaban J connectivity index is 2.18. The Morgan fingerprint density at radius 2 is 2.05 bits per heavy atom. The van der Waals surface area contributed by atoms with Gasteiger partial charge in [0.2, 0.25) is 5.91 Å². The van der Waals surface area contributed by atoms with Gasteiger partial charge < -0.3 is 10.4 Å². The molecule has 0 spiro atoms. The Hall–Kier alpha value is -2.63. The molecular weight excluding hydrogens is 258 g/mol. The lowest BCUT2D eigenvalue weighted by Gasteiger charge is -2.24. The Morgan fingerprint density at radius 3 is 2.60 bits per heavy atom. The van der Waals surface area contributed by atoms with Crippen LogP contribution in [-0.4, -0.2) is 27.2 Å². The van der Waals surface area contributed by atoms with Gasteiger partial charge in [-0.3, -0.25) is 14.7 Å². The molecule has 1 atom stereocenters. The van der Waals surface area contributed by atoms with E-state index in [-0.39, 0.29) is 12.3 Å². The molecule has 0 radical (unpaired) electrons. The minimum Gasteiger partial charge on any atom is -0.481 e. The van der Waals surface area contributed by atoms with Crippen molar-refractivity contribution in [1.82, 2.24) is 10.2 Å². The number of H-pyrrole nitrogens is 1. The highest BCUT2D eigenvalue weighted by molar-refractivity contribution is 5.96. The number of hydrogen-bond donors (Lipinski definition) is 3. The first-order chi connectivity index (χ1) is 9.52. The highest BCUT2D eigenvalue weighted by Gasteiger charge is 2.37. The summed E-state index contributed by atoms with van der Waals surface area (Å²) in [5, 5.41) is 18.3. The lowest BCUT2D eigenvalue weighted by molar-refractivity contribution is -0.145. The lowest BCUT2D eigenvalue weighted by Crippen LogP contribution is -2.36. The molecule has 20 heavy (non-hydrogen) atoms. The van der Waals surface area contributed by atoms with Crippen LogP contribution in [0.4, 0.5) is 5.69 Å². The van der Waals surface area contributed by atoms with Gasteiger partial charge in [-0.2, -0.15) is 5.10 Å². The zero-order chi connectivity index (χ0) is 14.6. The maximum absolute atomic E-state index is 12.0. The van der Waals surface area contributed by atoms with Gasteiger partial charge in [-0.1, -0.05) is 30.3 Å². The summed E-state index contributed by atoms with van der Waals surface area (Å²) in [6.07, 6.45) is 2.83. The van der Waals surface area contributed by atoms with Crippen LogP contribution in [0.25, 0.3) is 0 Å². The van der Waals surface area contributed by atoms with Gasteiger partial charge in [0, 0.05) is 12.6 Å². The molecule has 6 heteroatoms. The quantitative estimate of drug-likeness (QED) is 0.773. The standard InChI is InChI=1S/C14H15N3O3/c1-14(13(19)20,10-5-3-2-4-6-10)7-12(18)17-11-8-15-16-9-11/h2-6,8-9H,7H2,1H3,(H,15,16)(H,17,18)(H,19,20). The highest BCUT2D eigenvalue weighted by Crippen LogP contribution is 2.28. The molecule has 1 unspecified atom stereocenters. The summed E-state index contributed by atoms with van der Waals surface area (Å²) in [6.45, 7) is 1.54. The van der Waals surface area contributed by atoms with E-state index < -0.39 is 11.4 Å². The number of hydrogen-bond acceptors (Lipinski definition) is 3. The van der Waals surface area contributed by atoms with E-state index in [9.17, 15) is 14.7 Å². The van der Waals surface area contributed by atoms with E-state index in [4.69, 9.17) is 0 Å². The van der Waals surface area contributed by atoms with E-state index in [0.717, 1.165) is 0 Å².